The molecule has 206 valence electrons. The highest BCUT2D eigenvalue weighted by molar-refractivity contribution is 7.99. The molecule has 3 aromatic carbocycles. The topological polar surface area (TPSA) is 91.7 Å². The van der Waals surface area contributed by atoms with Gasteiger partial charge in [-0.1, -0.05) is 18.7 Å². The van der Waals surface area contributed by atoms with Crippen LogP contribution in [0.2, 0.25) is 0 Å². The van der Waals surface area contributed by atoms with Crippen molar-refractivity contribution < 1.29 is 22.6 Å². The van der Waals surface area contributed by atoms with Gasteiger partial charge in [0, 0.05) is 30.0 Å². The van der Waals surface area contributed by atoms with Crippen molar-refractivity contribution in [2.45, 2.75) is 29.9 Å². The minimum Gasteiger partial charge on any atom is -0.497 e. The summed E-state index contributed by atoms with van der Waals surface area (Å²) in [6.45, 7) is 3.15. The van der Waals surface area contributed by atoms with E-state index in [9.17, 15) is 8.42 Å². The van der Waals surface area contributed by atoms with Crippen LogP contribution in [0.3, 0.4) is 0 Å². The van der Waals surface area contributed by atoms with Crippen LogP contribution in [-0.2, 0) is 16.6 Å². The van der Waals surface area contributed by atoms with Crippen molar-refractivity contribution in [1.82, 2.24) is 14.3 Å². The Morgan fingerprint density at radius 3 is 1.82 bits per heavy atom. The van der Waals surface area contributed by atoms with Crippen molar-refractivity contribution in [3.8, 4) is 39.8 Å². The number of methoxy groups -OCH3 is 3. The van der Waals surface area contributed by atoms with Gasteiger partial charge in [-0.25, -0.2) is 18.1 Å². The fourth-order valence-corrected chi connectivity index (χ4v) is 6.16. The highest BCUT2D eigenvalue weighted by atomic mass is 32.2. The largest absolute Gasteiger partial charge is 0.497 e. The highest BCUT2D eigenvalue weighted by Gasteiger charge is 2.21. The lowest BCUT2D eigenvalue weighted by Gasteiger charge is -2.13. The normalized spacial score (nSPS) is 11.4. The fraction of sp³-hybridized carbons (Fsp3) is 0.276. The van der Waals surface area contributed by atoms with Gasteiger partial charge in [0.05, 0.1) is 37.6 Å². The lowest BCUT2D eigenvalue weighted by Crippen LogP contribution is -2.26. The first-order valence-corrected chi connectivity index (χ1v) is 15.0. The maximum Gasteiger partial charge on any atom is 0.240 e. The van der Waals surface area contributed by atoms with Gasteiger partial charge in [0.25, 0.3) is 0 Å². The second-order valence-corrected chi connectivity index (χ2v) is 11.5. The molecule has 0 amide bonds. The number of hydrogen-bond donors (Lipinski definition) is 1. The van der Waals surface area contributed by atoms with Crippen LogP contribution < -0.4 is 18.9 Å². The molecule has 1 aromatic heterocycles. The number of sulfonamides is 1. The summed E-state index contributed by atoms with van der Waals surface area (Å²) in [7, 11) is 1.20. The van der Waals surface area contributed by atoms with Gasteiger partial charge in [-0.05, 0) is 79.2 Å². The van der Waals surface area contributed by atoms with Crippen molar-refractivity contribution in [2.24, 2.45) is 0 Å². The Morgan fingerprint density at radius 2 is 1.31 bits per heavy atom. The van der Waals surface area contributed by atoms with Gasteiger partial charge in [-0.3, -0.25) is 0 Å². The molecule has 0 aliphatic rings. The van der Waals surface area contributed by atoms with Crippen molar-refractivity contribution in [1.29, 1.82) is 0 Å². The molecule has 8 nitrogen and oxygen atoms in total. The van der Waals surface area contributed by atoms with Crippen molar-refractivity contribution in [3.05, 3.63) is 72.8 Å². The summed E-state index contributed by atoms with van der Waals surface area (Å²) in [6, 6.07) is 22.1. The monoisotopic (exact) mass is 567 g/mol. The van der Waals surface area contributed by atoms with Crippen LogP contribution in [0.5, 0.6) is 17.2 Å². The molecular formula is C29H33N3O5S2. The Morgan fingerprint density at radius 1 is 0.795 bits per heavy atom. The van der Waals surface area contributed by atoms with Crippen LogP contribution in [0.4, 0.5) is 0 Å². The average molecular weight is 568 g/mol. The molecule has 39 heavy (non-hydrogen) atoms. The van der Waals surface area contributed by atoms with Gasteiger partial charge in [0.1, 0.15) is 17.2 Å². The first-order chi connectivity index (χ1) is 18.9. The van der Waals surface area contributed by atoms with E-state index in [-0.39, 0.29) is 11.4 Å². The molecule has 0 saturated carbocycles. The Kier molecular flexibility index (Phi) is 9.55. The lowest BCUT2D eigenvalue weighted by molar-refractivity contribution is 0.414. The van der Waals surface area contributed by atoms with E-state index in [0.29, 0.717) is 11.5 Å². The minimum atomic E-state index is -3.63. The molecule has 1 heterocycles. The quantitative estimate of drug-likeness (QED) is 0.163. The lowest BCUT2D eigenvalue weighted by atomic mass is 10.0. The molecule has 0 aliphatic heterocycles. The van der Waals surface area contributed by atoms with Crippen molar-refractivity contribution >= 4 is 21.8 Å². The Labute approximate surface area is 234 Å². The van der Waals surface area contributed by atoms with E-state index in [1.54, 1.807) is 33.5 Å². The van der Waals surface area contributed by atoms with E-state index in [1.165, 1.54) is 23.9 Å². The molecular weight excluding hydrogens is 534 g/mol. The summed E-state index contributed by atoms with van der Waals surface area (Å²) >= 11 is 1.52. The zero-order chi connectivity index (χ0) is 27.8. The van der Waals surface area contributed by atoms with Crippen LogP contribution >= 0.6 is 11.8 Å². The molecule has 0 atom stereocenters. The minimum absolute atomic E-state index is 0.198. The van der Waals surface area contributed by atoms with Crippen molar-refractivity contribution in [2.75, 3.05) is 33.6 Å². The van der Waals surface area contributed by atoms with Gasteiger partial charge in [0.2, 0.25) is 10.0 Å². The molecule has 4 aromatic rings. The van der Waals surface area contributed by atoms with E-state index in [4.69, 9.17) is 19.2 Å². The third-order valence-corrected chi connectivity index (χ3v) is 8.56. The van der Waals surface area contributed by atoms with E-state index in [2.05, 4.69) is 16.2 Å². The first-order valence-electron chi connectivity index (χ1n) is 12.6. The van der Waals surface area contributed by atoms with E-state index in [1.807, 2.05) is 48.5 Å². The number of ether oxygens (including phenoxy) is 3. The van der Waals surface area contributed by atoms with Crippen LogP contribution in [0.15, 0.2) is 82.8 Å². The predicted octanol–water partition coefficient (Wildman–Crippen LogP) is 5.72. The summed E-state index contributed by atoms with van der Waals surface area (Å²) in [5.41, 5.74) is 3.86. The van der Waals surface area contributed by atoms with Crippen LogP contribution in [-0.4, -0.2) is 51.6 Å². The van der Waals surface area contributed by atoms with E-state index in [0.717, 1.165) is 52.1 Å². The average Bonchev–Trinajstić information content (AvgIpc) is 3.33. The van der Waals surface area contributed by atoms with Crippen molar-refractivity contribution in [3.63, 3.8) is 0 Å². The summed E-state index contributed by atoms with van der Waals surface area (Å²) in [4.78, 5) is 5.25. The Hall–Kier alpha value is -3.47. The van der Waals surface area contributed by atoms with Gasteiger partial charge < -0.3 is 18.8 Å². The summed E-state index contributed by atoms with van der Waals surface area (Å²) in [5, 5.41) is 0.831. The number of hydrogen-bond acceptors (Lipinski definition) is 7. The van der Waals surface area contributed by atoms with Crippen LogP contribution in [0, 0.1) is 0 Å². The van der Waals surface area contributed by atoms with E-state index >= 15 is 0 Å². The second kappa shape index (κ2) is 13.1. The second-order valence-electron chi connectivity index (χ2n) is 8.62. The number of rotatable bonds is 13. The number of nitrogens with zero attached hydrogens (tertiary/aromatic N) is 2. The van der Waals surface area contributed by atoms with Gasteiger partial charge >= 0.3 is 0 Å². The van der Waals surface area contributed by atoms with Crippen LogP contribution in [0.1, 0.15) is 13.3 Å². The summed E-state index contributed by atoms with van der Waals surface area (Å²) in [5.74, 6) is 2.68. The summed E-state index contributed by atoms with van der Waals surface area (Å²) in [6.07, 6.45) is 0.916. The maximum absolute atomic E-state index is 12.7. The Balaban J connectivity index is 1.61. The summed E-state index contributed by atoms with van der Waals surface area (Å²) < 4.78 is 46.2. The molecule has 0 unspecified atom stereocenters. The molecule has 0 radical (unpaired) electrons. The standard InChI is InChI=1S/C29H33N3O5S2/c1-5-19-32-28(22-8-12-24(36-3)13-9-22)27(21-6-10-23(35-2)11-7-21)31-29(32)38-20-18-30-39(33,34)26-16-14-25(37-4)15-17-26/h6-17,30H,5,18-20H2,1-4H3. The predicted molar refractivity (Wildman–Crippen MR) is 155 cm³/mol. The molecule has 0 fully saturated rings. The Bertz CT molecular complexity index is 1470. The smallest absolute Gasteiger partial charge is 0.240 e. The number of nitrogens with one attached hydrogen (secondary N) is 1. The number of imidazole rings is 1. The fourth-order valence-electron chi connectivity index (χ4n) is 4.12. The molecule has 0 spiro atoms. The third kappa shape index (κ3) is 6.76. The van der Waals surface area contributed by atoms with Gasteiger partial charge in [-0.15, -0.1) is 0 Å². The first kappa shape index (κ1) is 28.5. The molecule has 10 heteroatoms. The maximum atomic E-state index is 12.7. The molecule has 1 N–H and O–H groups in total. The zero-order valence-corrected chi connectivity index (χ0v) is 24.1. The van der Waals surface area contributed by atoms with Gasteiger partial charge in [-0.2, -0.15) is 0 Å². The highest BCUT2D eigenvalue weighted by Crippen LogP contribution is 2.37. The molecule has 0 bridgehead atoms. The SMILES string of the molecule is CCCn1c(SCCNS(=O)(=O)c2ccc(OC)cc2)nc(-c2ccc(OC)cc2)c1-c1ccc(OC)cc1. The van der Waals surface area contributed by atoms with Crippen LogP contribution in [0.25, 0.3) is 22.5 Å². The van der Waals surface area contributed by atoms with Gasteiger partial charge in [0.15, 0.2) is 5.16 Å². The molecule has 0 saturated heterocycles. The molecule has 0 aliphatic carbocycles. The number of thioether (sulfide) groups is 1. The molecule has 4 rings (SSSR count). The number of aromatic nitrogens is 2. The third-order valence-electron chi connectivity index (χ3n) is 6.10. The van der Waals surface area contributed by atoms with E-state index < -0.39 is 10.0 Å². The number of benzene rings is 3. The zero-order valence-electron chi connectivity index (χ0n) is 22.5.